The Balaban J connectivity index is 2.17. The number of aliphatic carboxylic acids is 1. The van der Waals surface area contributed by atoms with Crippen LogP contribution in [0.1, 0.15) is 18.4 Å². The SMILES string of the molecule is Cc1ccccc1S(=O)(=O)NCC1(C(=O)O)CCOCC1. The highest BCUT2D eigenvalue weighted by molar-refractivity contribution is 7.89. The number of rotatable bonds is 5. The Morgan fingerprint density at radius 1 is 1.33 bits per heavy atom. The number of carbonyl (C=O) groups is 1. The largest absolute Gasteiger partial charge is 0.481 e. The molecule has 1 aliphatic heterocycles. The molecule has 2 rings (SSSR count). The van der Waals surface area contributed by atoms with Crippen LogP contribution in [-0.2, 0) is 19.6 Å². The summed E-state index contributed by atoms with van der Waals surface area (Å²) in [6.07, 6.45) is 0.608. The molecule has 7 heteroatoms. The van der Waals surface area contributed by atoms with Crippen molar-refractivity contribution in [3.63, 3.8) is 0 Å². The highest BCUT2D eigenvalue weighted by Crippen LogP contribution is 2.30. The first-order valence-corrected chi connectivity index (χ1v) is 8.22. The van der Waals surface area contributed by atoms with Crippen molar-refractivity contribution in [1.29, 1.82) is 0 Å². The maximum atomic E-state index is 12.3. The molecule has 6 nitrogen and oxygen atoms in total. The molecule has 1 fully saturated rings. The monoisotopic (exact) mass is 313 g/mol. The summed E-state index contributed by atoms with van der Waals surface area (Å²) in [5.74, 6) is -0.988. The van der Waals surface area contributed by atoms with E-state index < -0.39 is 21.4 Å². The quantitative estimate of drug-likeness (QED) is 0.851. The molecule has 1 aromatic carbocycles. The molecule has 1 saturated heterocycles. The number of nitrogens with one attached hydrogen (secondary N) is 1. The molecule has 1 aromatic rings. The summed E-state index contributed by atoms with van der Waals surface area (Å²) in [4.78, 5) is 11.7. The van der Waals surface area contributed by atoms with E-state index >= 15 is 0 Å². The molecular formula is C14H19NO5S. The lowest BCUT2D eigenvalue weighted by molar-refractivity contribution is -0.154. The number of hydrogen-bond acceptors (Lipinski definition) is 4. The van der Waals surface area contributed by atoms with E-state index in [-0.39, 0.29) is 11.4 Å². The van der Waals surface area contributed by atoms with Gasteiger partial charge in [-0.25, -0.2) is 13.1 Å². The predicted octanol–water partition coefficient (Wildman–Crippen LogP) is 1.15. The van der Waals surface area contributed by atoms with Crippen LogP contribution < -0.4 is 4.72 Å². The van der Waals surface area contributed by atoms with Gasteiger partial charge in [0.15, 0.2) is 0 Å². The van der Waals surface area contributed by atoms with Gasteiger partial charge in [-0.15, -0.1) is 0 Å². The first kappa shape index (κ1) is 15.9. The second kappa shape index (κ2) is 6.13. The van der Waals surface area contributed by atoms with E-state index in [4.69, 9.17) is 4.74 Å². The van der Waals surface area contributed by atoms with Crippen LogP contribution in [0.25, 0.3) is 0 Å². The summed E-state index contributed by atoms with van der Waals surface area (Å²) in [5, 5.41) is 9.42. The normalized spacial score (nSPS) is 18.3. The van der Waals surface area contributed by atoms with Crippen LogP contribution in [0, 0.1) is 12.3 Å². The Kier molecular flexibility index (Phi) is 4.65. The van der Waals surface area contributed by atoms with Crippen LogP contribution in [0.3, 0.4) is 0 Å². The third kappa shape index (κ3) is 3.42. The van der Waals surface area contributed by atoms with Crippen LogP contribution in [-0.4, -0.2) is 39.3 Å². The minimum atomic E-state index is -3.72. The molecule has 0 saturated carbocycles. The van der Waals surface area contributed by atoms with E-state index in [2.05, 4.69) is 4.72 Å². The zero-order valence-corrected chi connectivity index (χ0v) is 12.6. The highest BCUT2D eigenvalue weighted by atomic mass is 32.2. The lowest BCUT2D eigenvalue weighted by Crippen LogP contribution is -2.46. The van der Waals surface area contributed by atoms with Crippen LogP contribution in [0.4, 0.5) is 0 Å². The van der Waals surface area contributed by atoms with E-state index in [1.807, 2.05) is 0 Å². The van der Waals surface area contributed by atoms with Gasteiger partial charge in [0.2, 0.25) is 10.0 Å². The highest BCUT2D eigenvalue weighted by Gasteiger charge is 2.41. The first-order valence-electron chi connectivity index (χ1n) is 6.74. The maximum Gasteiger partial charge on any atom is 0.311 e. The molecule has 116 valence electrons. The minimum absolute atomic E-state index is 0.123. The van der Waals surface area contributed by atoms with E-state index in [1.165, 1.54) is 6.07 Å². The fourth-order valence-corrected chi connectivity index (χ4v) is 3.77. The average molecular weight is 313 g/mol. The Morgan fingerprint density at radius 2 is 1.95 bits per heavy atom. The molecule has 2 N–H and O–H groups in total. The van der Waals surface area contributed by atoms with E-state index in [0.717, 1.165) is 0 Å². The number of carboxylic acid groups (broad SMARTS) is 1. The predicted molar refractivity (Wildman–Crippen MR) is 76.5 cm³/mol. The number of sulfonamides is 1. The second-order valence-corrected chi connectivity index (χ2v) is 7.02. The molecule has 0 spiro atoms. The van der Waals surface area contributed by atoms with Crippen molar-refractivity contribution in [3.8, 4) is 0 Å². The number of carboxylic acids is 1. The van der Waals surface area contributed by atoms with Crippen molar-refractivity contribution in [2.45, 2.75) is 24.7 Å². The van der Waals surface area contributed by atoms with Crippen molar-refractivity contribution in [1.82, 2.24) is 4.72 Å². The van der Waals surface area contributed by atoms with E-state index in [9.17, 15) is 18.3 Å². The lowest BCUT2D eigenvalue weighted by Gasteiger charge is -2.33. The molecule has 0 bridgehead atoms. The third-order valence-electron chi connectivity index (χ3n) is 3.89. The first-order chi connectivity index (χ1) is 9.87. The summed E-state index contributed by atoms with van der Waals surface area (Å²) in [5.41, 5.74) is -0.463. The van der Waals surface area contributed by atoms with E-state index in [0.29, 0.717) is 31.6 Å². The Hall–Kier alpha value is -1.44. The van der Waals surface area contributed by atoms with Crippen molar-refractivity contribution < 1.29 is 23.1 Å². The van der Waals surface area contributed by atoms with Gasteiger partial charge in [0.05, 0.1) is 10.3 Å². The third-order valence-corrected chi connectivity index (χ3v) is 5.45. The fraction of sp³-hybridized carbons (Fsp3) is 0.500. The molecule has 0 aliphatic carbocycles. The molecule has 0 unspecified atom stereocenters. The summed E-state index contributed by atoms with van der Waals surface area (Å²) in [6.45, 7) is 2.25. The molecule has 0 atom stereocenters. The van der Waals surface area contributed by atoms with Gasteiger partial charge in [0.1, 0.15) is 0 Å². The van der Waals surface area contributed by atoms with Gasteiger partial charge >= 0.3 is 5.97 Å². The molecule has 0 amide bonds. The van der Waals surface area contributed by atoms with Gasteiger partial charge in [-0.05, 0) is 31.4 Å². The summed E-state index contributed by atoms with van der Waals surface area (Å²) in [7, 11) is -3.72. The average Bonchev–Trinajstić information content (AvgIpc) is 2.46. The Labute approximate surface area is 124 Å². The molecule has 1 aliphatic rings. The van der Waals surface area contributed by atoms with Crippen molar-refractivity contribution in [3.05, 3.63) is 29.8 Å². The van der Waals surface area contributed by atoms with Gasteiger partial charge in [0, 0.05) is 19.8 Å². The summed E-state index contributed by atoms with van der Waals surface area (Å²) >= 11 is 0. The van der Waals surface area contributed by atoms with Gasteiger partial charge < -0.3 is 9.84 Å². The van der Waals surface area contributed by atoms with E-state index in [1.54, 1.807) is 25.1 Å². The van der Waals surface area contributed by atoms with Crippen LogP contribution in [0.2, 0.25) is 0 Å². The number of hydrogen-bond donors (Lipinski definition) is 2. The van der Waals surface area contributed by atoms with Gasteiger partial charge in [-0.2, -0.15) is 0 Å². The van der Waals surface area contributed by atoms with Crippen molar-refractivity contribution >= 4 is 16.0 Å². The van der Waals surface area contributed by atoms with Gasteiger partial charge in [-0.1, -0.05) is 18.2 Å². The molecule has 0 aromatic heterocycles. The topological polar surface area (TPSA) is 92.7 Å². The van der Waals surface area contributed by atoms with Crippen molar-refractivity contribution in [2.24, 2.45) is 5.41 Å². The summed E-state index contributed by atoms with van der Waals surface area (Å²) in [6, 6.07) is 6.61. The molecule has 21 heavy (non-hydrogen) atoms. The van der Waals surface area contributed by atoms with Crippen LogP contribution in [0.5, 0.6) is 0 Å². The lowest BCUT2D eigenvalue weighted by atomic mass is 9.80. The second-order valence-electron chi connectivity index (χ2n) is 5.29. The molecular weight excluding hydrogens is 294 g/mol. The summed E-state index contributed by atoms with van der Waals surface area (Å²) < 4.78 is 32.3. The minimum Gasteiger partial charge on any atom is -0.481 e. The van der Waals surface area contributed by atoms with Crippen molar-refractivity contribution in [2.75, 3.05) is 19.8 Å². The Morgan fingerprint density at radius 3 is 2.52 bits per heavy atom. The molecule has 0 radical (unpaired) electrons. The molecule has 1 heterocycles. The van der Waals surface area contributed by atoms with Gasteiger partial charge in [0.25, 0.3) is 0 Å². The zero-order chi connectivity index (χ0) is 15.5. The fourth-order valence-electron chi connectivity index (χ4n) is 2.40. The standard InChI is InChI=1S/C14H19NO5S/c1-11-4-2-3-5-12(11)21(18,19)15-10-14(13(16)17)6-8-20-9-7-14/h2-5,15H,6-10H2,1H3,(H,16,17). The van der Waals surface area contributed by atoms with Gasteiger partial charge in [-0.3, -0.25) is 4.79 Å². The zero-order valence-electron chi connectivity index (χ0n) is 11.8. The number of aryl methyl sites for hydroxylation is 1. The van der Waals surface area contributed by atoms with Crippen LogP contribution >= 0.6 is 0 Å². The smallest absolute Gasteiger partial charge is 0.311 e. The number of benzene rings is 1. The number of ether oxygens (including phenoxy) is 1. The van der Waals surface area contributed by atoms with Crippen LogP contribution in [0.15, 0.2) is 29.2 Å². The Bertz CT molecular complexity index is 620. The maximum absolute atomic E-state index is 12.3.